The maximum Gasteiger partial charge on any atom is 0.140 e. The Balaban J connectivity index is 0.00000433. The van der Waals surface area contributed by atoms with E-state index in [1.165, 1.54) is 5.56 Å². The largest absolute Gasteiger partial charge is 0.509 e. The minimum atomic E-state index is -0.171. The van der Waals surface area contributed by atoms with Gasteiger partial charge in [-0.1, -0.05) is 111 Å². The second kappa shape index (κ2) is 14.6. The number of fused-ring (bicyclic) bond motifs is 7. The standard InChI is InChI=1S/C53H39N4O2.Pt/c1-34-19-24-50-44(25-34)45-32-54-52(31-51(45)59-50)57-46-18-12-11-17-42(46)43-22-21-40(30-48(43)57)58-41-28-37(53(2,3)4)27-39(29-41)56-33-55(38-15-9-6-10-16-38)47-23-20-36(26-49(47)56)35-13-7-5-8-14-35;/h5-28,31-33H,1-4H3;/q-3;. The molecule has 0 N–H and O–H groups in total. The number of benzene rings is 7. The van der Waals surface area contributed by atoms with Gasteiger partial charge in [-0.25, -0.2) is 4.98 Å². The summed E-state index contributed by atoms with van der Waals surface area (Å²) in [5.41, 5.74) is 12.1. The van der Waals surface area contributed by atoms with Crippen molar-refractivity contribution in [3.8, 4) is 28.4 Å². The molecule has 4 heterocycles. The molecule has 7 aromatic carbocycles. The zero-order chi connectivity index (χ0) is 39.8. The molecule has 0 radical (unpaired) electrons. The van der Waals surface area contributed by atoms with Crippen LogP contribution in [0.2, 0.25) is 0 Å². The van der Waals surface area contributed by atoms with Crippen molar-refractivity contribution in [1.29, 1.82) is 0 Å². The molecule has 0 bridgehead atoms. The Bertz CT molecular complexity index is 3240. The minimum absolute atomic E-state index is 0. The fraction of sp³-hybridized carbons (Fsp3) is 0.0943. The van der Waals surface area contributed by atoms with Crippen molar-refractivity contribution in [2.45, 2.75) is 33.1 Å². The van der Waals surface area contributed by atoms with Gasteiger partial charge in [-0.15, -0.1) is 53.6 Å². The average Bonchev–Trinajstić information content (AvgIpc) is 3.92. The Morgan fingerprint density at radius 3 is 2.22 bits per heavy atom. The second-order valence-corrected chi connectivity index (χ2v) is 16.3. The van der Waals surface area contributed by atoms with Gasteiger partial charge in [-0.05, 0) is 71.3 Å². The number of para-hydroxylation sites is 2. The van der Waals surface area contributed by atoms with E-state index in [0.717, 1.165) is 89.0 Å². The maximum atomic E-state index is 6.81. The third kappa shape index (κ3) is 6.43. The smallest absolute Gasteiger partial charge is 0.140 e. The Kier molecular flexibility index (Phi) is 9.15. The number of furan rings is 1. The Hall–Kier alpha value is -6.62. The molecule has 0 aliphatic carbocycles. The van der Waals surface area contributed by atoms with Gasteiger partial charge in [0.25, 0.3) is 0 Å². The summed E-state index contributed by atoms with van der Waals surface area (Å²) in [6, 6.07) is 60.1. The fourth-order valence-corrected chi connectivity index (χ4v) is 8.29. The van der Waals surface area contributed by atoms with Gasteiger partial charge in [-0.2, -0.15) is 6.07 Å². The van der Waals surface area contributed by atoms with Crippen LogP contribution in [0.5, 0.6) is 11.5 Å². The molecule has 6 nitrogen and oxygen atoms in total. The summed E-state index contributed by atoms with van der Waals surface area (Å²) in [7, 11) is 0. The third-order valence-corrected chi connectivity index (χ3v) is 11.3. The first-order valence-electron chi connectivity index (χ1n) is 19.9. The predicted molar refractivity (Wildman–Crippen MR) is 240 cm³/mol. The SMILES string of the molecule is Cc1ccc2oc3cc(-n4c5[c-]c(Oc6[c-]c(N7[CH-]N(c8ccccc8)c8ccc(-c9ccccc9)cc87)cc(C(C)(C)C)c6)ccc5c5ccccc54)ncc3c2c1.[Pt]. The van der Waals surface area contributed by atoms with Gasteiger partial charge >= 0.3 is 0 Å². The number of rotatable bonds is 6. The van der Waals surface area contributed by atoms with Gasteiger partial charge in [-0.3, -0.25) is 0 Å². The van der Waals surface area contributed by atoms with Crippen molar-refractivity contribution < 1.29 is 30.2 Å². The van der Waals surface area contributed by atoms with Crippen LogP contribution in [0.25, 0.3) is 60.7 Å². The monoisotopic (exact) mass is 958 g/mol. The molecule has 3 aromatic heterocycles. The van der Waals surface area contributed by atoms with Crippen molar-refractivity contribution >= 4 is 66.5 Å². The molecule has 0 fully saturated rings. The average molecular weight is 959 g/mol. The van der Waals surface area contributed by atoms with Gasteiger partial charge in [0.1, 0.15) is 17.0 Å². The summed E-state index contributed by atoms with van der Waals surface area (Å²) >= 11 is 0. The summed E-state index contributed by atoms with van der Waals surface area (Å²) in [5, 5.41) is 4.22. The van der Waals surface area contributed by atoms with Crippen LogP contribution in [-0.2, 0) is 26.5 Å². The first-order valence-corrected chi connectivity index (χ1v) is 19.9. The van der Waals surface area contributed by atoms with E-state index >= 15 is 0 Å². The zero-order valence-corrected chi connectivity index (χ0v) is 35.8. The maximum absolute atomic E-state index is 6.81. The van der Waals surface area contributed by atoms with Crippen LogP contribution >= 0.6 is 0 Å². The summed E-state index contributed by atoms with van der Waals surface area (Å²) in [6.45, 7) is 10.9. The molecule has 0 saturated carbocycles. The molecule has 11 rings (SSSR count). The number of anilines is 4. The zero-order valence-electron chi connectivity index (χ0n) is 33.5. The first kappa shape index (κ1) is 37.6. The molecule has 0 spiro atoms. The van der Waals surface area contributed by atoms with Crippen molar-refractivity contribution in [3.05, 3.63) is 188 Å². The van der Waals surface area contributed by atoms with Crippen molar-refractivity contribution in [2.24, 2.45) is 0 Å². The molecule has 0 atom stereocenters. The van der Waals surface area contributed by atoms with Crippen molar-refractivity contribution in [3.63, 3.8) is 0 Å². The second-order valence-electron chi connectivity index (χ2n) is 16.3. The van der Waals surface area contributed by atoms with E-state index in [2.05, 4.69) is 188 Å². The van der Waals surface area contributed by atoms with E-state index in [9.17, 15) is 0 Å². The van der Waals surface area contributed by atoms with Gasteiger partial charge in [0.15, 0.2) is 0 Å². The molecular weight excluding hydrogens is 920 g/mol. The normalized spacial score (nSPS) is 12.7. The van der Waals surface area contributed by atoms with Crippen LogP contribution in [-0.4, -0.2) is 9.55 Å². The number of hydrogen-bond donors (Lipinski definition) is 0. The molecule has 7 heteroatoms. The van der Waals surface area contributed by atoms with E-state index in [0.29, 0.717) is 11.5 Å². The third-order valence-electron chi connectivity index (χ3n) is 11.3. The Morgan fingerprint density at radius 2 is 1.40 bits per heavy atom. The number of nitrogens with zero attached hydrogens (tertiary/aromatic N) is 4. The molecule has 0 saturated heterocycles. The van der Waals surface area contributed by atoms with Crippen LogP contribution in [0.4, 0.5) is 22.7 Å². The fourth-order valence-electron chi connectivity index (χ4n) is 8.29. The van der Waals surface area contributed by atoms with Gasteiger partial charge < -0.3 is 23.5 Å². The molecule has 0 unspecified atom stereocenters. The molecule has 1 aliphatic heterocycles. The summed E-state index contributed by atoms with van der Waals surface area (Å²) in [5.74, 6) is 1.94. The van der Waals surface area contributed by atoms with Crippen LogP contribution < -0.4 is 14.5 Å². The van der Waals surface area contributed by atoms with E-state index in [1.54, 1.807) is 0 Å². The molecule has 1 aliphatic rings. The molecule has 0 amide bonds. The van der Waals surface area contributed by atoms with Crippen LogP contribution in [0.3, 0.4) is 0 Å². The molecule has 296 valence electrons. The predicted octanol–water partition coefficient (Wildman–Crippen LogP) is 14.2. The number of ether oxygens (including phenoxy) is 1. The molecule has 10 aromatic rings. The molecular formula is C53H39N4O2Pt-3. The van der Waals surface area contributed by atoms with Gasteiger partial charge in [0.2, 0.25) is 0 Å². The number of pyridine rings is 1. The topological polar surface area (TPSA) is 46.7 Å². The summed E-state index contributed by atoms with van der Waals surface area (Å²) in [6.07, 6.45) is 1.92. The number of aryl methyl sites for hydroxylation is 1. The number of aromatic nitrogens is 2. The van der Waals surface area contributed by atoms with E-state index < -0.39 is 0 Å². The first-order chi connectivity index (χ1) is 28.7. The van der Waals surface area contributed by atoms with Crippen LogP contribution in [0.1, 0.15) is 31.9 Å². The summed E-state index contributed by atoms with van der Waals surface area (Å²) in [4.78, 5) is 9.47. The van der Waals surface area contributed by atoms with E-state index in [-0.39, 0.29) is 26.5 Å². The Labute approximate surface area is 363 Å². The quantitative estimate of drug-likeness (QED) is 0.155. The van der Waals surface area contributed by atoms with Gasteiger partial charge in [0, 0.05) is 78.2 Å². The summed E-state index contributed by atoms with van der Waals surface area (Å²) < 4.78 is 15.3. The van der Waals surface area contributed by atoms with Gasteiger partial charge in [0.05, 0.1) is 0 Å². The van der Waals surface area contributed by atoms with Crippen molar-refractivity contribution in [1.82, 2.24) is 9.55 Å². The number of hydrogen-bond acceptors (Lipinski definition) is 5. The van der Waals surface area contributed by atoms with E-state index in [1.807, 2.05) is 30.5 Å². The minimum Gasteiger partial charge on any atom is -0.509 e. The van der Waals surface area contributed by atoms with Crippen molar-refractivity contribution in [2.75, 3.05) is 9.80 Å². The molecule has 60 heavy (non-hydrogen) atoms. The van der Waals surface area contributed by atoms with Crippen LogP contribution in [0.15, 0.2) is 162 Å². The van der Waals surface area contributed by atoms with Crippen LogP contribution in [0, 0.1) is 25.7 Å². The van der Waals surface area contributed by atoms with E-state index in [4.69, 9.17) is 14.1 Å². The Morgan fingerprint density at radius 1 is 0.617 bits per heavy atom.